The number of fused-ring (bicyclic) bond motifs is 4. The number of benzene rings is 4. The van der Waals surface area contributed by atoms with E-state index in [2.05, 4.69) is 75.2 Å². The van der Waals surface area contributed by atoms with Gasteiger partial charge in [-0.3, -0.25) is 41.7 Å². The van der Waals surface area contributed by atoms with Crippen molar-refractivity contribution in [2.75, 3.05) is 85.8 Å². The maximum absolute atomic E-state index is 13.1. The van der Waals surface area contributed by atoms with Crippen molar-refractivity contribution in [1.82, 2.24) is 52.2 Å². The number of imidazole rings is 4. The Kier molecular flexibility index (Phi) is 40.9. The van der Waals surface area contributed by atoms with Crippen molar-refractivity contribution in [2.45, 2.75) is 200 Å². The highest BCUT2D eigenvalue weighted by molar-refractivity contribution is 5.99. The first-order valence-electron chi connectivity index (χ1n) is 47.6. The highest BCUT2D eigenvalue weighted by Crippen LogP contribution is 2.33. The van der Waals surface area contributed by atoms with E-state index >= 15 is 0 Å². The molecule has 0 unspecified atom stereocenters. The summed E-state index contributed by atoms with van der Waals surface area (Å²) in [6.45, 7) is 18.0. The van der Waals surface area contributed by atoms with Crippen LogP contribution >= 0.6 is 0 Å². The summed E-state index contributed by atoms with van der Waals surface area (Å²) in [5.41, 5.74) is 17.1. The van der Waals surface area contributed by atoms with E-state index in [-0.39, 0.29) is 50.1 Å². The Bertz CT molecular complexity index is 6180. The van der Waals surface area contributed by atoms with Gasteiger partial charge in [-0.05, 0) is 161 Å². The molecule has 2 fully saturated rings. The third-order valence-corrected chi connectivity index (χ3v) is 23.7. The first-order valence-corrected chi connectivity index (χ1v) is 47.6. The van der Waals surface area contributed by atoms with Crippen LogP contribution in [-0.2, 0) is 64.2 Å². The highest BCUT2D eigenvalue weighted by Gasteiger charge is 2.30. The van der Waals surface area contributed by atoms with Crippen LogP contribution < -0.4 is 0 Å². The van der Waals surface area contributed by atoms with Crippen LogP contribution in [0.15, 0.2) is 216 Å². The number of Topliss-reactive ketones (excluding diaryl/α,β-unsaturated/α-hetero) is 4. The number of halogens is 10. The molecule has 4 aromatic carbocycles. The van der Waals surface area contributed by atoms with Crippen molar-refractivity contribution >= 4 is 70.1 Å². The molecule has 0 spiro atoms. The average Bonchev–Trinajstić information content (AvgIpc) is 1.66. The predicted octanol–water partition coefficient (Wildman–Crippen LogP) is 22.6. The Labute approximate surface area is 810 Å². The first-order chi connectivity index (χ1) is 67.2. The first kappa shape index (κ1) is 107. The number of pyridine rings is 4. The number of carbonyl (C=O) groups is 4. The highest BCUT2D eigenvalue weighted by atomic mass is 19.4. The third-order valence-electron chi connectivity index (χ3n) is 23.7. The second kappa shape index (κ2) is 53.4. The summed E-state index contributed by atoms with van der Waals surface area (Å²) >= 11 is 0. The Morgan fingerprint density at radius 2 is 0.821 bits per heavy atom. The molecule has 0 amide bonds. The van der Waals surface area contributed by atoms with E-state index in [9.17, 15) is 63.1 Å². The van der Waals surface area contributed by atoms with Crippen LogP contribution in [0.3, 0.4) is 0 Å². The lowest BCUT2D eigenvalue weighted by Crippen LogP contribution is -2.46. The average molecular weight is 1940 g/mol. The third kappa shape index (κ3) is 36.3. The van der Waals surface area contributed by atoms with Crippen LogP contribution in [0.2, 0.25) is 0 Å². The summed E-state index contributed by atoms with van der Waals surface area (Å²) in [5.74, 6) is -3.44. The molecule has 8 aromatic heterocycles. The molecule has 1 aliphatic heterocycles. The molecule has 0 radical (unpaired) electrons. The summed E-state index contributed by atoms with van der Waals surface area (Å²) in [5, 5.41) is 16.4. The Hall–Kier alpha value is -13.1. The topological polar surface area (TPSA) is 234 Å². The molecular weight excluding hydrogens is 1810 g/mol. The number of ketones is 4. The van der Waals surface area contributed by atoms with Gasteiger partial charge >= 0.3 is 12.4 Å². The minimum atomic E-state index is -4.32. The van der Waals surface area contributed by atoms with Crippen molar-refractivity contribution in [3.8, 4) is 57.4 Å². The van der Waals surface area contributed by atoms with E-state index < -0.39 is 74.3 Å². The number of oxime groups is 4. The molecular formula is C107H123F10N15O8. The van der Waals surface area contributed by atoms with E-state index in [1.165, 1.54) is 32.1 Å². The molecule has 14 rings (SSSR count). The number of hydrogen-bond donors (Lipinski definition) is 0. The molecule has 0 bridgehead atoms. The fraction of sp³-hybridized carbons (Fsp3) is 0.421. The second-order valence-electron chi connectivity index (χ2n) is 35.6. The van der Waals surface area contributed by atoms with Gasteiger partial charge in [0.2, 0.25) is 11.8 Å². The van der Waals surface area contributed by atoms with Gasteiger partial charge in [-0.15, -0.1) is 12.3 Å². The zero-order valence-corrected chi connectivity index (χ0v) is 80.2. The van der Waals surface area contributed by atoms with E-state index in [1.807, 2.05) is 178 Å². The van der Waals surface area contributed by atoms with Crippen molar-refractivity contribution in [3.63, 3.8) is 0 Å². The van der Waals surface area contributed by atoms with E-state index in [4.69, 9.17) is 25.8 Å². The van der Waals surface area contributed by atoms with Gasteiger partial charge in [-0.1, -0.05) is 139 Å². The van der Waals surface area contributed by atoms with Crippen molar-refractivity contribution in [2.24, 2.45) is 26.5 Å². The second-order valence-corrected chi connectivity index (χ2v) is 35.6. The van der Waals surface area contributed by atoms with Crippen LogP contribution in [0, 0.1) is 18.3 Å². The molecule has 1 aliphatic carbocycles. The lowest BCUT2D eigenvalue weighted by Gasteiger charge is -2.34. The van der Waals surface area contributed by atoms with Crippen molar-refractivity contribution in [1.29, 1.82) is 0 Å². The van der Waals surface area contributed by atoms with E-state index in [0.717, 1.165) is 211 Å². The van der Waals surface area contributed by atoms with E-state index in [1.54, 1.807) is 67.7 Å². The summed E-state index contributed by atoms with van der Waals surface area (Å²) in [7, 11) is 2.06. The maximum atomic E-state index is 13.1. The number of hydrogen-bond acceptors (Lipinski definition) is 19. The quantitative estimate of drug-likeness (QED) is 0.0113. The number of nitrogens with zero attached hydrogens (tertiary/aromatic N) is 15. The van der Waals surface area contributed by atoms with Crippen LogP contribution in [0.1, 0.15) is 195 Å². The number of terminal acetylenes is 1. The van der Waals surface area contributed by atoms with Crippen LogP contribution in [0.25, 0.3) is 67.6 Å². The zero-order chi connectivity index (χ0) is 100. The van der Waals surface area contributed by atoms with Crippen molar-refractivity contribution < 1.29 is 82.4 Å². The molecule has 1 saturated heterocycles. The smallest absolute Gasteiger partial charge is 0.389 e. The number of alkyl halides is 10. The van der Waals surface area contributed by atoms with Gasteiger partial charge < -0.3 is 29.2 Å². The normalized spacial score (nSPS) is 13.8. The molecule has 9 heterocycles. The molecule has 1 saturated carbocycles. The number of likely N-dealkylation sites (N-methyl/N-ethyl adjacent to an activating group) is 1. The fourth-order valence-electron chi connectivity index (χ4n) is 16.1. The molecule has 33 heteroatoms. The summed E-state index contributed by atoms with van der Waals surface area (Å²) in [6.07, 6.45) is 23.6. The molecule has 140 heavy (non-hydrogen) atoms. The van der Waals surface area contributed by atoms with Gasteiger partial charge in [0.25, 0.3) is 0 Å². The number of piperazine rings is 1. The minimum absolute atomic E-state index is 0.0258. The number of aromatic nitrogens is 8. The SMILES string of the molecule is C#CCCN1CCN(CCCON=Cc2ccn3c(-c4cccc(CC(=O)CCC(C)(F)F)c4)cnc3c2)CC1.CCCN(C)CCON=Cc1ccn2c(-c3cccc(CC(=O)CCC(C)(F)F)c3)cnc2c1.CCCO/N=C(\C)c1ccn2c(-c3cccc(CC(=O)CCC(F)(F)F)c3)cnc2c1.O=C(CCC(F)(F)F)Cc1cccc(-c2cnc3cc(C=NOCCC4CCCCC4)ccn23)c1. The number of rotatable bonds is 46. The predicted molar refractivity (Wildman–Crippen MR) is 527 cm³/mol. The Balaban J connectivity index is 0.000000179. The van der Waals surface area contributed by atoms with Gasteiger partial charge in [-0.2, -0.15) is 26.3 Å². The molecule has 744 valence electrons. The van der Waals surface area contributed by atoms with Gasteiger partial charge in [-0.25, -0.2) is 37.5 Å². The summed E-state index contributed by atoms with van der Waals surface area (Å²) < 4.78 is 134. The zero-order valence-electron chi connectivity index (χ0n) is 80.2. The van der Waals surface area contributed by atoms with Gasteiger partial charge in [0.05, 0.1) is 84.8 Å². The Morgan fingerprint density at radius 1 is 0.450 bits per heavy atom. The summed E-state index contributed by atoms with van der Waals surface area (Å²) in [4.78, 5) is 94.8. The van der Waals surface area contributed by atoms with Crippen LogP contribution in [0.5, 0.6) is 0 Å². The molecule has 2 aliphatic rings. The molecule has 0 atom stereocenters. The largest absolute Gasteiger partial charge is 0.396 e. The summed E-state index contributed by atoms with van der Waals surface area (Å²) in [6, 6.07) is 44.9. The Morgan fingerprint density at radius 3 is 1.20 bits per heavy atom. The maximum Gasteiger partial charge on any atom is 0.389 e. The van der Waals surface area contributed by atoms with Gasteiger partial charge in [0, 0.05) is 186 Å². The molecule has 0 N–H and O–H groups in total. The lowest BCUT2D eigenvalue weighted by molar-refractivity contribution is -0.143. The van der Waals surface area contributed by atoms with Gasteiger partial charge in [0.15, 0.2) is 0 Å². The van der Waals surface area contributed by atoms with Crippen LogP contribution in [0.4, 0.5) is 43.9 Å². The molecule has 23 nitrogen and oxygen atoms in total. The standard InChI is InChI=1S/C31H37F2N5O2.C27H30F3N3O2.C26H32F2N4O2.C23H24F3N3O2/c1-3-4-12-36-15-17-37(18-16-36)13-6-19-40-35-23-26-10-14-38-29(24-34-30(38)22-26)27-8-5-7-25(20-27)21-28(39)9-11-31(2,32)33;28-27(29,30)12-9-24(34)16-21-7-4-8-23(15-21)25-19-31-26-17-22(10-13-33(25)26)18-32-35-14-11-20-5-2-1-3-6-20;1-4-11-31(3)13-14-34-30-18-21-9-12-32-24(19-29-25(32)17-21)22-7-5-6-20(15-22)16-23(33)8-10-26(2,27)28;1-3-11-31-28-16(2)18-8-10-29-21(15-27-22(29)14-18)19-6-4-5-17(12-19)13-20(30)7-9-23(24,25)26/h1,5,7-8,10,14,20,22-24H,4,6,9,11-13,15-19,21H2,2H3;4,7-8,10,13,15,17-20H,1-3,5-6,9,11-12,14,16H2;5-7,9,12,15,17-19H,4,8,10-11,13-14,16H2,1-3H3;4-6,8,10,12,14-15H,3,7,9,11,13H2,1-2H3/b;;;28-16+. The molecule has 12 aromatic rings. The monoisotopic (exact) mass is 1940 g/mol. The fourth-order valence-corrected chi connectivity index (χ4v) is 16.1. The van der Waals surface area contributed by atoms with Crippen LogP contribution in [-0.4, -0.2) is 210 Å². The minimum Gasteiger partial charge on any atom is -0.396 e. The lowest BCUT2D eigenvalue weighted by atomic mass is 9.87. The van der Waals surface area contributed by atoms with Gasteiger partial charge in [0.1, 0.15) is 72.1 Å². The van der Waals surface area contributed by atoms with E-state index in [0.29, 0.717) is 37.6 Å². The van der Waals surface area contributed by atoms with Crippen molar-refractivity contribution in [3.05, 3.63) is 240 Å². The number of carbonyl (C=O) groups excluding carboxylic acids is 4.